The van der Waals surface area contributed by atoms with Gasteiger partial charge in [-0.1, -0.05) is 30.1 Å². The SMILES string of the molecule is CCCN(C)CC(=O)Nc1c(N)cc(Cl)cc1Cl. The number of hydrogen-bond acceptors (Lipinski definition) is 3. The lowest BCUT2D eigenvalue weighted by Gasteiger charge is -2.16. The Hall–Kier alpha value is -0.970. The van der Waals surface area contributed by atoms with E-state index in [4.69, 9.17) is 28.9 Å². The first-order chi connectivity index (χ1) is 8.43. The first-order valence-electron chi connectivity index (χ1n) is 5.67. The highest BCUT2D eigenvalue weighted by Crippen LogP contribution is 2.31. The van der Waals surface area contributed by atoms with E-state index in [9.17, 15) is 4.79 Å². The standard InChI is InChI=1S/C12H17Cl2N3O/c1-3-4-17(2)7-11(18)16-12-9(14)5-8(13)6-10(12)15/h5-6H,3-4,7,15H2,1-2H3,(H,16,18). The molecule has 0 radical (unpaired) electrons. The molecule has 0 aliphatic carbocycles. The predicted molar refractivity (Wildman–Crippen MR) is 77.3 cm³/mol. The normalized spacial score (nSPS) is 10.7. The Morgan fingerprint density at radius 2 is 2.11 bits per heavy atom. The van der Waals surface area contributed by atoms with Gasteiger partial charge in [0.1, 0.15) is 0 Å². The van der Waals surface area contributed by atoms with Crippen LogP contribution in [0.4, 0.5) is 11.4 Å². The molecule has 0 saturated heterocycles. The second-order valence-corrected chi connectivity index (χ2v) is 4.98. The molecule has 0 fully saturated rings. The number of hydrogen-bond donors (Lipinski definition) is 2. The third-order valence-electron chi connectivity index (χ3n) is 2.37. The van der Waals surface area contributed by atoms with Crippen molar-refractivity contribution in [2.45, 2.75) is 13.3 Å². The third-order valence-corrected chi connectivity index (χ3v) is 2.89. The zero-order valence-electron chi connectivity index (χ0n) is 10.5. The summed E-state index contributed by atoms with van der Waals surface area (Å²) in [7, 11) is 1.88. The van der Waals surface area contributed by atoms with E-state index >= 15 is 0 Å². The molecule has 0 bridgehead atoms. The summed E-state index contributed by atoms with van der Waals surface area (Å²) in [5.74, 6) is -0.151. The lowest BCUT2D eigenvalue weighted by atomic mass is 10.2. The van der Waals surface area contributed by atoms with Crippen molar-refractivity contribution in [2.75, 3.05) is 31.2 Å². The molecule has 0 unspecified atom stereocenters. The number of amides is 1. The van der Waals surface area contributed by atoms with Crippen molar-refractivity contribution in [1.29, 1.82) is 0 Å². The average molecular weight is 290 g/mol. The van der Waals surface area contributed by atoms with E-state index in [0.717, 1.165) is 13.0 Å². The molecular weight excluding hydrogens is 273 g/mol. The van der Waals surface area contributed by atoms with Crippen LogP contribution in [0.25, 0.3) is 0 Å². The minimum Gasteiger partial charge on any atom is -0.397 e. The van der Waals surface area contributed by atoms with Crippen LogP contribution in [0.2, 0.25) is 10.0 Å². The number of nitrogen functional groups attached to an aromatic ring is 1. The minimum atomic E-state index is -0.151. The third kappa shape index (κ3) is 4.37. The van der Waals surface area contributed by atoms with E-state index in [-0.39, 0.29) is 5.91 Å². The quantitative estimate of drug-likeness (QED) is 0.820. The van der Waals surface area contributed by atoms with Crippen LogP contribution < -0.4 is 11.1 Å². The van der Waals surface area contributed by atoms with Crippen molar-refractivity contribution in [2.24, 2.45) is 0 Å². The molecule has 0 aliphatic heterocycles. The summed E-state index contributed by atoms with van der Waals surface area (Å²) >= 11 is 11.8. The van der Waals surface area contributed by atoms with Gasteiger partial charge in [0.15, 0.2) is 0 Å². The molecule has 3 N–H and O–H groups in total. The predicted octanol–water partition coefficient (Wildman–Crippen LogP) is 2.86. The number of rotatable bonds is 5. The number of nitrogens with one attached hydrogen (secondary N) is 1. The second-order valence-electron chi connectivity index (χ2n) is 4.14. The molecule has 6 heteroatoms. The molecule has 100 valence electrons. The fraction of sp³-hybridized carbons (Fsp3) is 0.417. The zero-order chi connectivity index (χ0) is 13.7. The van der Waals surface area contributed by atoms with Crippen LogP contribution in [0, 0.1) is 0 Å². The highest BCUT2D eigenvalue weighted by molar-refractivity contribution is 6.37. The van der Waals surface area contributed by atoms with Gasteiger partial charge in [0.05, 0.1) is 22.9 Å². The lowest BCUT2D eigenvalue weighted by Crippen LogP contribution is -2.30. The maximum Gasteiger partial charge on any atom is 0.238 e. The van der Waals surface area contributed by atoms with Crippen molar-refractivity contribution in [1.82, 2.24) is 4.90 Å². The van der Waals surface area contributed by atoms with Crippen molar-refractivity contribution < 1.29 is 4.79 Å². The van der Waals surface area contributed by atoms with Gasteiger partial charge in [0, 0.05) is 5.02 Å². The number of likely N-dealkylation sites (N-methyl/N-ethyl adjacent to an activating group) is 1. The van der Waals surface area contributed by atoms with Gasteiger partial charge >= 0.3 is 0 Å². The summed E-state index contributed by atoms with van der Waals surface area (Å²) in [5.41, 5.74) is 6.54. The van der Waals surface area contributed by atoms with Crippen molar-refractivity contribution in [3.8, 4) is 0 Å². The molecule has 0 heterocycles. The largest absolute Gasteiger partial charge is 0.397 e. The Morgan fingerprint density at radius 1 is 1.44 bits per heavy atom. The van der Waals surface area contributed by atoms with Crippen molar-refractivity contribution in [3.63, 3.8) is 0 Å². The number of nitrogens with zero attached hydrogens (tertiary/aromatic N) is 1. The summed E-state index contributed by atoms with van der Waals surface area (Å²) in [6.45, 7) is 3.21. The maximum absolute atomic E-state index is 11.8. The van der Waals surface area contributed by atoms with Crippen LogP contribution in [0.15, 0.2) is 12.1 Å². The van der Waals surface area contributed by atoms with Crippen LogP contribution in [0.1, 0.15) is 13.3 Å². The van der Waals surface area contributed by atoms with E-state index in [1.165, 1.54) is 0 Å². The topological polar surface area (TPSA) is 58.4 Å². The summed E-state index contributed by atoms with van der Waals surface area (Å²) in [6.07, 6.45) is 0.994. The van der Waals surface area contributed by atoms with E-state index in [1.807, 2.05) is 11.9 Å². The average Bonchev–Trinajstić information content (AvgIpc) is 2.23. The molecule has 1 aromatic carbocycles. The number of carbonyl (C=O) groups is 1. The molecule has 0 aromatic heterocycles. The number of halogens is 2. The van der Waals surface area contributed by atoms with Gasteiger partial charge in [-0.2, -0.15) is 0 Å². The van der Waals surface area contributed by atoms with Crippen molar-refractivity contribution >= 4 is 40.5 Å². The highest BCUT2D eigenvalue weighted by Gasteiger charge is 2.11. The van der Waals surface area contributed by atoms with E-state index in [0.29, 0.717) is 28.0 Å². The smallest absolute Gasteiger partial charge is 0.238 e. The number of benzene rings is 1. The second kappa shape index (κ2) is 6.83. The monoisotopic (exact) mass is 289 g/mol. The minimum absolute atomic E-state index is 0.151. The van der Waals surface area contributed by atoms with Crippen LogP contribution in [-0.4, -0.2) is 30.9 Å². The molecule has 0 saturated carbocycles. The van der Waals surface area contributed by atoms with Crippen LogP contribution in [-0.2, 0) is 4.79 Å². The Balaban J connectivity index is 2.70. The van der Waals surface area contributed by atoms with E-state index < -0.39 is 0 Å². The number of nitrogens with two attached hydrogens (primary N) is 1. The molecule has 0 atom stereocenters. The molecule has 0 aliphatic rings. The van der Waals surface area contributed by atoms with Crippen molar-refractivity contribution in [3.05, 3.63) is 22.2 Å². The van der Waals surface area contributed by atoms with Gasteiger partial charge in [0.2, 0.25) is 5.91 Å². The van der Waals surface area contributed by atoms with E-state index in [1.54, 1.807) is 12.1 Å². The summed E-state index contributed by atoms with van der Waals surface area (Å²) in [5, 5.41) is 3.48. The Labute approximate surface area is 117 Å². The molecule has 18 heavy (non-hydrogen) atoms. The van der Waals surface area contributed by atoms with Gasteiger partial charge in [-0.15, -0.1) is 0 Å². The maximum atomic E-state index is 11.8. The van der Waals surface area contributed by atoms with Crippen LogP contribution in [0.5, 0.6) is 0 Å². The van der Waals surface area contributed by atoms with Gasteiger partial charge < -0.3 is 11.1 Å². The summed E-state index contributed by atoms with van der Waals surface area (Å²) in [4.78, 5) is 13.7. The van der Waals surface area contributed by atoms with E-state index in [2.05, 4.69) is 12.2 Å². The van der Waals surface area contributed by atoms with Crippen LogP contribution in [0.3, 0.4) is 0 Å². The molecule has 1 aromatic rings. The molecule has 1 rings (SSSR count). The molecule has 4 nitrogen and oxygen atoms in total. The first kappa shape index (κ1) is 15.1. The fourth-order valence-electron chi connectivity index (χ4n) is 1.61. The Morgan fingerprint density at radius 3 is 2.67 bits per heavy atom. The highest BCUT2D eigenvalue weighted by atomic mass is 35.5. The summed E-state index contributed by atoms with van der Waals surface area (Å²) in [6, 6.07) is 3.10. The number of anilines is 2. The fourth-order valence-corrected chi connectivity index (χ4v) is 2.17. The lowest BCUT2D eigenvalue weighted by molar-refractivity contribution is -0.117. The van der Waals surface area contributed by atoms with Gasteiger partial charge in [0.25, 0.3) is 0 Å². The molecule has 1 amide bonds. The van der Waals surface area contributed by atoms with Gasteiger partial charge in [-0.05, 0) is 32.1 Å². The Bertz CT molecular complexity index is 414. The molecule has 0 spiro atoms. The van der Waals surface area contributed by atoms with Gasteiger partial charge in [-0.3, -0.25) is 9.69 Å². The number of carbonyl (C=O) groups excluding carboxylic acids is 1. The Kier molecular flexibility index (Phi) is 5.72. The zero-order valence-corrected chi connectivity index (χ0v) is 12.0. The first-order valence-corrected chi connectivity index (χ1v) is 6.42. The van der Waals surface area contributed by atoms with Crippen LogP contribution >= 0.6 is 23.2 Å². The van der Waals surface area contributed by atoms with Gasteiger partial charge in [-0.25, -0.2) is 0 Å². The molecular formula is C12H17Cl2N3O. The summed E-state index contributed by atoms with van der Waals surface area (Å²) < 4.78 is 0.